The van der Waals surface area contributed by atoms with Crippen LogP contribution in [0.2, 0.25) is 0 Å². The zero-order valence-electron chi connectivity index (χ0n) is 19.0. The number of carboxylic acid groups (broad SMARTS) is 1. The number of ketones is 1. The zero-order chi connectivity index (χ0) is 28.7. The van der Waals surface area contributed by atoms with Crippen LogP contribution < -0.4 is 5.73 Å². The van der Waals surface area contributed by atoms with Crippen molar-refractivity contribution in [3.8, 4) is 0 Å². The lowest BCUT2D eigenvalue weighted by atomic mass is 9.67. The summed E-state index contributed by atoms with van der Waals surface area (Å²) in [5.74, 6) is -12.3. The number of halogens is 9. The number of benzene rings is 1. The van der Waals surface area contributed by atoms with E-state index in [9.17, 15) is 49.1 Å². The minimum absolute atomic E-state index is 0.221. The maximum atomic E-state index is 14.6. The molecule has 0 spiro atoms. The molecule has 1 aliphatic rings. The highest BCUT2D eigenvalue weighted by Crippen LogP contribution is 2.47. The van der Waals surface area contributed by atoms with Crippen LogP contribution >= 0.6 is 0 Å². The summed E-state index contributed by atoms with van der Waals surface area (Å²) in [7, 11) is 1.37. The van der Waals surface area contributed by atoms with Gasteiger partial charge in [0.2, 0.25) is 11.7 Å². The van der Waals surface area contributed by atoms with E-state index in [0.29, 0.717) is 0 Å². The second-order valence-corrected chi connectivity index (χ2v) is 8.32. The number of carboxylic acids is 1. The summed E-state index contributed by atoms with van der Waals surface area (Å²) < 4.78 is 110. The van der Waals surface area contributed by atoms with Crippen molar-refractivity contribution in [2.75, 3.05) is 7.05 Å². The van der Waals surface area contributed by atoms with Crippen molar-refractivity contribution >= 4 is 23.6 Å². The van der Waals surface area contributed by atoms with E-state index >= 15 is 0 Å². The van der Waals surface area contributed by atoms with Crippen molar-refractivity contribution in [1.82, 2.24) is 4.90 Å². The number of nitrogens with zero attached hydrogens (tertiary/aromatic N) is 2. The Morgan fingerprint density at radius 2 is 1.53 bits per heavy atom. The lowest BCUT2D eigenvalue weighted by Crippen LogP contribution is -2.58. The molecule has 0 aromatic heterocycles. The molecule has 2 rings (SSSR count). The summed E-state index contributed by atoms with van der Waals surface area (Å²) in [6.45, 7) is 4.33. The number of alkyl halides is 8. The van der Waals surface area contributed by atoms with Crippen molar-refractivity contribution in [3.05, 3.63) is 35.1 Å². The zero-order valence-corrected chi connectivity index (χ0v) is 19.0. The normalized spacial score (nSPS) is 20.3. The Bertz CT molecular complexity index is 1080. The summed E-state index contributed by atoms with van der Waals surface area (Å²) in [6, 6.07) is 2.69. The van der Waals surface area contributed by atoms with Crippen LogP contribution in [-0.4, -0.2) is 58.9 Å². The van der Waals surface area contributed by atoms with Gasteiger partial charge in [-0.15, -0.1) is 0 Å². The molecule has 16 heteroatoms. The standard InChI is InChI=1S/C18H19F6N3O2.C2HF3O2/c1-15(2)13(29)27(4)14(25)26-16(15,3)10-7-9(5-6-11(10)19)8-12(28)17(20,21)18(22,23)24;3-2(4,5)1(6)7/h5-7H,8H2,1-4H3,(H2,25,26);(H,6,7)/t16-;/m1./s1. The highest BCUT2D eigenvalue weighted by atomic mass is 19.4. The molecule has 0 radical (unpaired) electrons. The fraction of sp³-hybridized carbons (Fsp3) is 0.500. The number of hydrogen-bond acceptors (Lipinski definition) is 5. The number of aliphatic imine (C=N–C) groups is 1. The van der Waals surface area contributed by atoms with Gasteiger partial charge in [0.1, 0.15) is 11.4 Å². The Labute approximate surface area is 197 Å². The van der Waals surface area contributed by atoms with E-state index in [1.54, 1.807) is 0 Å². The minimum atomic E-state index is -6.04. The van der Waals surface area contributed by atoms with Gasteiger partial charge in [-0.3, -0.25) is 14.5 Å². The van der Waals surface area contributed by atoms with Gasteiger partial charge in [-0.2, -0.15) is 35.1 Å². The van der Waals surface area contributed by atoms with Gasteiger partial charge in [0.15, 0.2) is 5.96 Å². The average molecular weight is 537 g/mol. The number of nitrogens with two attached hydrogens (primary N) is 1. The molecule has 1 heterocycles. The molecule has 1 atom stereocenters. The smallest absolute Gasteiger partial charge is 0.475 e. The molecule has 0 saturated heterocycles. The van der Waals surface area contributed by atoms with E-state index in [1.165, 1.54) is 27.8 Å². The average Bonchev–Trinajstić information content (AvgIpc) is 2.71. The molecule has 0 fully saturated rings. The summed E-state index contributed by atoms with van der Waals surface area (Å²) in [6.07, 6.45) is -12.4. The fourth-order valence-electron chi connectivity index (χ4n) is 3.08. The van der Waals surface area contributed by atoms with Crippen LogP contribution in [0.1, 0.15) is 31.9 Å². The van der Waals surface area contributed by atoms with E-state index in [4.69, 9.17) is 15.6 Å². The van der Waals surface area contributed by atoms with Gasteiger partial charge in [0, 0.05) is 19.0 Å². The quantitative estimate of drug-likeness (QED) is 0.568. The van der Waals surface area contributed by atoms with E-state index < -0.39 is 59.1 Å². The van der Waals surface area contributed by atoms with Crippen molar-refractivity contribution in [2.24, 2.45) is 16.1 Å². The molecule has 1 amide bonds. The summed E-state index contributed by atoms with van der Waals surface area (Å²) in [4.78, 5) is 38.3. The molecule has 1 aromatic rings. The van der Waals surface area contributed by atoms with Gasteiger partial charge in [-0.1, -0.05) is 6.07 Å². The Kier molecular flexibility index (Phi) is 8.20. The monoisotopic (exact) mass is 537 g/mol. The van der Waals surface area contributed by atoms with Gasteiger partial charge in [-0.25, -0.2) is 14.2 Å². The molecule has 0 unspecified atom stereocenters. The first kappa shape index (κ1) is 30.7. The predicted molar refractivity (Wildman–Crippen MR) is 105 cm³/mol. The molecular weight excluding hydrogens is 517 g/mol. The van der Waals surface area contributed by atoms with E-state index in [2.05, 4.69) is 4.99 Å². The van der Waals surface area contributed by atoms with E-state index in [1.807, 2.05) is 0 Å². The molecule has 0 bridgehead atoms. The lowest BCUT2D eigenvalue weighted by Gasteiger charge is -2.46. The van der Waals surface area contributed by atoms with Gasteiger partial charge >= 0.3 is 24.2 Å². The molecule has 0 saturated carbocycles. The third kappa shape index (κ3) is 5.73. The maximum Gasteiger partial charge on any atom is 0.490 e. The summed E-state index contributed by atoms with van der Waals surface area (Å²) >= 11 is 0. The third-order valence-corrected chi connectivity index (χ3v) is 5.61. The maximum absolute atomic E-state index is 14.6. The van der Waals surface area contributed by atoms with Gasteiger partial charge < -0.3 is 10.8 Å². The molecular formula is C20H20F9N3O4. The summed E-state index contributed by atoms with van der Waals surface area (Å²) in [5, 5.41) is 7.12. The Morgan fingerprint density at radius 3 is 1.94 bits per heavy atom. The van der Waals surface area contributed by atoms with Gasteiger partial charge in [0.05, 0.1) is 5.41 Å². The topological polar surface area (TPSA) is 113 Å². The SMILES string of the molecule is CN1C(=O)C(C)(C)[C@@](C)(c2cc(CC(=O)C(F)(F)C(F)(F)F)ccc2F)N=C1N.O=C(O)C(F)(F)F. The van der Waals surface area contributed by atoms with Crippen LogP contribution in [0.25, 0.3) is 0 Å². The number of amides is 1. The van der Waals surface area contributed by atoms with Crippen LogP contribution in [0.5, 0.6) is 0 Å². The number of guanidine groups is 1. The fourth-order valence-corrected chi connectivity index (χ4v) is 3.08. The van der Waals surface area contributed by atoms with E-state index in [-0.39, 0.29) is 17.1 Å². The van der Waals surface area contributed by atoms with Gasteiger partial charge in [-0.05, 0) is 38.5 Å². The van der Waals surface area contributed by atoms with Crippen molar-refractivity contribution < 1.29 is 59.0 Å². The number of hydrogen-bond donors (Lipinski definition) is 2. The number of rotatable bonds is 4. The summed E-state index contributed by atoms with van der Waals surface area (Å²) in [5.41, 5.74) is 2.25. The first-order chi connectivity index (χ1) is 15.9. The molecule has 202 valence electrons. The highest BCUT2D eigenvalue weighted by Gasteiger charge is 2.62. The Hall–Kier alpha value is -3.33. The van der Waals surface area contributed by atoms with Gasteiger partial charge in [0.25, 0.3) is 0 Å². The molecule has 3 N–H and O–H groups in total. The Morgan fingerprint density at radius 1 is 1.06 bits per heavy atom. The number of carbonyl (C=O) groups is 3. The Balaban J connectivity index is 0.000000809. The number of aliphatic carboxylic acids is 1. The second-order valence-electron chi connectivity index (χ2n) is 8.32. The first-order valence-electron chi connectivity index (χ1n) is 9.61. The number of carbonyl (C=O) groups excluding carboxylic acids is 2. The number of Topliss-reactive ketones (excluding diaryl/α,β-unsaturated/α-hetero) is 1. The van der Waals surface area contributed by atoms with Crippen LogP contribution in [0, 0.1) is 11.2 Å². The molecule has 1 aromatic carbocycles. The van der Waals surface area contributed by atoms with Crippen molar-refractivity contribution in [3.63, 3.8) is 0 Å². The lowest BCUT2D eigenvalue weighted by molar-refractivity contribution is -0.268. The van der Waals surface area contributed by atoms with Crippen molar-refractivity contribution in [2.45, 2.75) is 51.0 Å². The van der Waals surface area contributed by atoms with Crippen LogP contribution in [0.15, 0.2) is 23.2 Å². The predicted octanol–water partition coefficient (Wildman–Crippen LogP) is 3.80. The highest BCUT2D eigenvalue weighted by molar-refractivity contribution is 6.01. The molecule has 7 nitrogen and oxygen atoms in total. The minimum Gasteiger partial charge on any atom is -0.475 e. The molecule has 36 heavy (non-hydrogen) atoms. The first-order valence-corrected chi connectivity index (χ1v) is 9.61. The van der Waals surface area contributed by atoms with Crippen LogP contribution in [0.3, 0.4) is 0 Å². The van der Waals surface area contributed by atoms with Crippen LogP contribution in [-0.2, 0) is 26.3 Å². The van der Waals surface area contributed by atoms with E-state index in [0.717, 1.165) is 23.1 Å². The molecule has 1 aliphatic heterocycles. The largest absolute Gasteiger partial charge is 0.490 e. The second kappa shape index (κ2) is 9.61. The van der Waals surface area contributed by atoms with Crippen molar-refractivity contribution in [1.29, 1.82) is 0 Å². The molecule has 0 aliphatic carbocycles. The van der Waals surface area contributed by atoms with Crippen LogP contribution in [0.4, 0.5) is 39.5 Å². The third-order valence-electron chi connectivity index (χ3n) is 5.61.